The third kappa shape index (κ3) is 1.28. The van der Waals surface area contributed by atoms with E-state index in [4.69, 9.17) is 5.11 Å². The fraction of sp³-hybridized carbons (Fsp3) is 0.143. The summed E-state index contributed by atoms with van der Waals surface area (Å²) < 4.78 is 1.07. The Hall–Kier alpha value is -0.422. The molecular formula is C7H7AsO. The molecule has 0 saturated heterocycles. The van der Waals surface area contributed by atoms with Crippen molar-refractivity contribution in [2.24, 2.45) is 0 Å². The number of phenols is 1. The maximum atomic E-state index is 9.09. The van der Waals surface area contributed by atoms with Gasteiger partial charge in [-0.25, -0.2) is 0 Å². The molecule has 0 spiro atoms. The van der Waals surface area contributed by atoms with Crippen LogP contribution in [0.4, 0.5) is 0 Å². The summed E-state index contributed by atoms with van der Waals surface area (Å²) in [5, 5.41) is 9.09. The zero-order chi connectivity index (χ0) is 6.85. The Morgan fingerprint density at radius 3 is 2.56 bits per heavy atom. The first kappa shape index (κ1) is 6.70. The van der Waals surface area contributed by atoms with Gasteiger partial charge in [0, 0.05) is 0 Å². The van der Waals surface area contributed by atoms with E-state index in [1.54, 1.807) is 6.07 Å². The van der Waals surface area contributed by atoms with Gasteiger partial charge in [0.25, 0.3) is 0 Å². The number of aromatic hydroxyl groups is 1. The molecule has 0 amide bonds. The van der Waals surface area contributed by atoms with Gasteiger partial charge in [-0.1, -0.05) is 0 Å². The topological polar surface area (TPSA) is 20.2 Å². The van der Waals surface area contributed by atoms with Gasteiger partial charge in [0.1, 0.15) is 0 Å². The molecule has 46 valence electrons. The van der Waals surface area contributed by atoms with E-state index in [2.05, 4.69) is 16.9 Å². The molecule has 0 aliphatic heterocycles. The van der Waals surface area contributed by atoms with Gasteiger partial charge < -0.3 is 0 Å². The number of benzene rings is 1. The van der Waals surface area contributed by atoms with E-state index in [0.717, 1.165) is 9.91 Å². The van der Waals surface area contributed by atoms with E-state index in [0.29, 0.717) is 5.75 Å². The summed E-state index contributed by atoms with van der Waals surface area (Å²) >= 11 is 2.42. The molecule has 0 bridgehead atoms. The van der Waals surface area contributed by atoms with Crippen LogP contribution in [-0.2, 0) is 0 Å². The first-order valence-electron chi connectivity index (χ1n) is 2.69. The Morgan fingerprint density at radius 2 is 2.11 bits per heavy atom. The minimum atomic E-state index is 0.369. The first-order chi connectivity index (χ1) is 4.22. The molecule has 0 atom stereocenters. The molecule has 0 unspecified atom stereocenters. The second kappa shape index (κ2) is 2.45. The number of phenolic OH excluding ortho intramolecular Hbond substituents is 1. The monoisotopic (exact) mass is 182 g/mol. The Morgan fingerprint density at radius 1 is 1.44 bits per heavy atom. The van der Waals surface area contributed by atoms with Crippen molar-refractivity contribution < 1.29 is 5.11 Å². The zero-order valence-electron chi connectivity index (χ0n) is 5.13. The summed E-state index contributed by atoms with van der Waals surface area (Å²) in [5.41, 5.74) is 0.942. The van der Waals surface area contributed by atoms with E-state index in [1.165, 1.54) is 0 Å². The molecule has 1 rings (SSSR count). The molecule has 0 aromatic heterocycles. The van der Waals surface area contributed by atoms with E-state index in [9.17, 15) is 0 Å². The zero-order valence-corrected chi connectivity index (χ0v) is 7.00. The van der Waals surface area contributed by atoms with Crippen LogP contribution in [0.1, 0.15) is 5.56 Å². The SMILES string of the molecule is Cc1c(O)cccc1[As]. The molecule has 0 heterocycles. The van der Waals surface area contributed by atoms with Crippen LogP contribution in [0.15, 0.2) is 18.2 Å². The Bertz CT molecular complexity index is 200. The molecule has 1 aromatic rings. The van der Waals surface area contributed by atoms with Crippen molar-refractivity contribution in [3.63, 3.8) is 0 Å². The molecular weight excluding hydrogens is 175 g/mol. The quantitative estimate of drug-likeness (QED) is 0.579. The van der Waals surface area contributed by atoms with E-state index in [1.807, 2.05) is 19.1 Å². The molecule has 1 aromatic carbocycles. The Kier molecular flexibility index (Phi) is 1.82. The standard InChI is InChI=1S/C7H7AsO/c1-5-6(8)3-2-4-7(5)9/h2-4,9H,1H3. The van der Waals surface area contributed by atoms with Crippen LogP contribution in [0.5, 0.6) is 5.75 Å². The van der Waals surface area contributed by atoms with E-state index < -0.39 is 0 Å². The third-order valence-corrected chi connectivity index (χ3v) is 2.29. The van der Waals surface area contributed by atoms with Crippen LogP contribution < -0.4 is 4.35 Å². The van der Waals surface area contributed by atoms with Gasteiger partial charge in [0.2, 0.25) is 0 Å². The Labute approximate surface area is 63.2 Å². The second-order valence-corrected chi connectivity index (χ2v) is 2.93. The summed E-state index contributed by atoms with van der Waals surface area (Å²) in [5.74, 6) is 0.369. The number of hydrogen-bond donors (Lipinski definition) is 1. The predicted molar refractivity (Wildman–Crippen MR) is 38.2 cm³/mol. The van der Waals surface area contributed by atoms with Gasteiger partial charge in [-0.3, -0.25) is 0 Å². The fourth-order valence-electron chi connectivity index (χ4n) is 0.612. The molecule has 2 heteroatoms. The van der Waals surface area contributed by atoms with E-state index >= 15 is 0 Å². The average molecular weight is 182 g/mol. The summed E-state index contributed by atoms with van der Waals surface area (Å²) in [7, 11) is 0. The fourth-order valence-corrected chi connectivity index (χ4v) is 1.03. The molecule has 0 fully saturated rings. The van der Waals surface area contributed by atoms with Gasteiger partial charge in [-0.15, -0.1) is 0 Å². The van der Waals surface area contributed by atoms with Crippen molar-refractivity contribution in [1.29, 1.82) is 0 Å². The van der Waals surface area contributed by atoms with Crippen molar-refractivity contribution >= 4 is 21.2 Å². The summed E-state index contributed by atoms with van der Waals surface area (Å²) in [6, 6.07) is 5.47. The van der Waals surface area contributed by atoms with Crippen molar-refractivity contribution in [2.75, 3.05) is 0 Å². The van der Waals surface area contributed by atoms with Gasteiger partial charge >= 0.3 is 62.7 Å². The van der Waals surface area contributed by atoms with Gasteiger partial charge in [0.15, 0.2) is 0 Å². The average Bonchev–Trinajstić information content (AvgIpc) is 1.83. The predicted octanol–water partition coefficient (Wildman–Crippen LogP) is 0.494. The van der Waals surface area contributed by atoms with Crippen molar-refractivity contribution in [3.8, 4) is 5.75 Å². The second-order valence-electron chi connectivity index (χ2n) is 1.92. The minimum absolute atomic E-state index is 0.369. The van der Waals surface area contributed by atoms with Crippen LogP contribution in [0, 0.1) is 6.92 Å². The first-order valence-corrected chi connectivity index (χ1v) is 3.63. The normalized spacial score (nSPS) is 9.56. The van der Waals surface area contributed by atoms with Gasteiger partial charge in [-0.05, 0) is 0 Å². The Balaban J connectivity index is 3.25. The third-order valence-electron chi connectivity index (χ3n) is 1.28. The van der Waals surface area contributed by atoms with Crippen LogP contribution in [0.2, 0.25) is 0 Å². The maximum absolute atomic E-state index is 9.09. The van der Waals surface area contributed by atoms with Crippen molar-refractivity contribution in [2.45, 2.75) is 6.92 Å². The molecule has 0 aliphatic carbocycles. The molecule has 1 nitrogen and oxygen atoms in total. The molecule has 0 saturated carbocycles. The van der Waals surface area contributed by atoms with Crippen molar-refractivity contribution in [1.82, 2.24) is 0 Å². The molecule has 0 aliphatic rings. The van der Waals surface area contributed by atoms with Crippen LogP contribution in [0.25, 0.3) is 0 Å². The molecule has 2 radical (unpaired) electrons. The van der Waals surface area contributed by atoms with Crippen LogP contribution in [-0.4, -0.2) is 22.0 Å². The van der Waals surface area contributed by atoms with Gasteiger partial charge in [-0.2, -0.15) is 0 Å². The van der Waals surface area contributed by atoms with Gasteiger partial charge in [0.05, 0.1) is 0 Å². The molecule has 9 heavy (non-hydrogen) atoms. The van der Waals surface area contributed by atoms with Crippen molar-refractivity contribution in [3.05, 3.63) is 23.8 Å². The molecule has 1 N–H and O–H groups in total. The number of hydrogen-bond acceptors (Lipinski definition) is 1. The van der Waals surface area contributed by atoms with Crippen LogP contribution in [0.3, 0.4) is 0 Å². The summed E-state index contributed by atoms with van der Waals surface area (Å²) in [4.78, 5) is 0. The summed E-state index contributed by atoms with van der Waals surface area (Å²) in [6.45, 7) is 1.89. The summed E-state index contributed by atoms with van der Waals surface area (Å²) in [6.07, 6.45) is 0. The number of rotatable bonds is 0. The van der Waals surface area contributed by atoms with E-state index in [-0.39, 0.29) is 0 Å². The van der Waals surface area contributed by atoms with Crippen LogP contribution >= 0.6 is 0 Å².